The highest BCUT2D eigenvalue weighted by atomic mass is 127. The van der Waals surface area contributed by atoms with Crippen molar-refractivity contribution in [1.29, 1.82) is 0 Å². The molecule has 0 fully saturated rings. The van der Waals surface area contributed by atoms with Crippen LogP contribution in [0, 0.1) is 3.57 Å². The van der Waals surface area contributed by atoms with Gasteiger partial charge >= 0.3 is 0 Å². The monoisotopic (exact) mass is 471 g/mol. The Morgan fingerprint density at radius 3 is 2.59 bits per heavy atom. The molecule has 0 atom stereocenters. The first kappa shape index (κ1) is 17.4. The lowest BCUT2D eigenvalue weighted by Crippen LogP contribution is -2.28. The molecule has 0 unspecified atom stereocenters. The van der Waals surface area contributed by atoms with E-state index in [1.807, 2.05) is 54.6 Å². The normalized spacial score (nSPS) is 10.9. The van der Waals surface area contributed by atoms with Gasteiger partial charge in [-0.05, 0) is 46.9 Å². The average molecular weight is 471 g/mol. The zero-order chi connectivity index (χ0) is 18.8. The van der Waals surface area contributed by atoms with E-state index in [1.165, 1.54) is 17.1 Å². The number of amides is 1. The van der Waals surface area contributed by atoms with Gasteiger partial charge in [0.2, 0.25) is 5.91 Å². The third kappa shape index (κ3) is 3.47. The summed E-state index contributed by atoms with van der Waals surface area (Å²) in [4.78, 5) is 29.4. The number of para-hydroxylation sites is 2. The summed E-state index contributed by atoms with van der Waals surface area (Å²) in [5.41, 5.74) is 1.68. The number of carbonyl (C=O) groups is 1. The van der Waals surface area contributed by atoms with Gasteiger partial charge in [0.15, 0.2) is 5.65 Å². The van der Waals surface area contributed by atoms with Crippen LogP contribution < -0.4 is 10.9 Å². The number of hydrogen-bond acceptors (Lipinski definition) is 4. The predicted octanol–water partition coefficient (Wildman–Crippen LogP) is 2.83. The van der Waals surface area contributed by atoms with Gasteiger partial charge in [-0.2, -0.15) is 5.10 Å². The fraction of sp³-hybridized carbons (Fsp3) is 0.0526. The van der Waals surface area contributed by atoms with Gasteiger partial charge < -0.3 is 5.32 Å². The molecular formula is C19H14IN5O2. The van der Waals surface area contributed by atoms with Crippen LogP contribution in [0.4, 0.5) is 5.69 Å². The van der Waals surface area contributed by atoms with Crippen LogP contribution in [0.1, 0.15) is 0 Å². The molecule has 1 amide bonds. The topological polar surface area (TPSA) is 81.8 Å². The third-order valence-corrected chi connectivity index (χ3v) is 4.96. The van der Waals surface area contributed by atoms with E-state index >= 15 is 0 Å². The maximum atomic E-state index is 12.7. The van der Waals surface area contributed by atoms with Crippen molar-refractivity contribution in [1.82, 2.24) is 19.3 Å². The van der Waals surface area contributed by atoms with Crippen molar-refractivity contribution >= 4 is 45.2 Å². The van der Waals surface area contributed by atoms with Gasteiger partial charge in [-0.25, -0.2) is 9.67 Å². The van der Waals surface area contributed by atoms with Crippen LogP contribution in [0.3, 0.4) is 0 Å². The second-order valence-electron chi connectivity index (χ2n) is 5.83. The largest absolute Gasteiger partial charge is 0.324 e. The van der Waals surface area contributed by atoms with Crippen LogP contribution in [-0.2, 0) is 11.3 Å². The number of aromatic nitrogens is 4. The smallest absolute Gasteiger partial charge is 0.264 e. The molecule has 4 rings (SSSR count). The molecule has 4 aromatic rings. The predicted molar refractivity (Wildman–Crippen MR) is 111 cm³/mol. The Balaban J connectivity index is 1.62. The summed E-state index contributed by atoms with van der Waals surface area (Å²) in [5.74, 6) is -0.294. The van der Waals surface area contributed by atoms with Crippen LogP contribution in [0.25, 0.3) is 16.7 Å². The molecule has 134 valence electrons. The fourth-order valence-corrected chi connectivity index (χ4v) is 3.25. The van der Waals surface area contributed by atoms with Gasteiger partial charge in [0, 0.05) is 3.57 Å². The molecule has 0 aliphatic heterocycles. The second-order valence-corrected chi connectivity index (χ2v) is 7.00. The zero-order valence-electron chi connectivity index (χ0n) is 14.0. The van der Waals surface area contributed by atoms with Crippen molar-refractivity contribution in [2.45, 2.75) is 6.54 Å². The van der Waals surface area contributed by atoms with Crippen LogP contribution >= 0.6 is 22.6 Å². The number of hydrogen-bond donors (Lipinski definition) is 1. The first-order valence-corrected chi connectivity index (χ1v) is 9.24. The Hall–Kier alpha value is -3.01. The number of rotatable bonds is 4. The Labute approximate surface area is 167 Å². The summed E-state index contributed by atoms with van der Waals surface area (Å²) in [6.45, 7) is -0.122. The summed E-state index contributed by atoms with van der Waals surface area (Å²) >= 11 is 2.14. The van der Waals surface area contributed by atoms with Crippen molar-refractivity contribution in [3.8, 4) is 5.69 Å². The number of nitrogens with zero attached hydrogens (tertiary/aromatic N) is 4. The summed E-state index contributed by atoms with van der Waals surface area (Å²) in [7, 11) is 0. The minimum absolute atomic E-state index is 0.122. The number of anilines is 1. The highest BCUT2D eigenvalue weighted by Crippen LogP contribution is 2.17. The van der Waals surface area contributed by atoms with E-state index in [1.54, 1.807) is 4.68 Å². The van der Waals surface area contributed by atoms with E-state index in [2.05, 4.69) is 38.0 Å². The lowest BCUT2D eigenvalue weighted by Gasteiger charge is -2.09. The first-order valence-electron chi connectivity index (χ1n) is 8.16. The van der Waals surface area contributed by atoms with Crippen LogP contribution in [0.15, 0.2) is 71.9 Å². The van der Waals surface area contributed by atoms with E-state index < -0.39 is 0 Å². The lowest BCUT2D eigenvalue weighted by atomic mass is 10.3. The minimum atomic E-state index is -0.305. The van der Waals surface area contributed by atoms with Crippen molar-refractivity contribution in [2.24, 2.45) is 0 Å². The second kappa shape index (κ2) is 7.31. The highest BCUT2D eigenvalue weighted by molar-refractivity contribution is 14.1. The van der Waals surface area contributed by atoms with E-state index in [9.17, 15) is 9.59 Å². The van der Waals surface area contributed by atoms with E-state index in [-0.39, 0.29) is 18.0 Å². The van der Waals surface area contributed by atoms with Crippen molar-refractivity contribution < 1.29 is 4.79 Å². The molecule has 7 nitrogen and oxygen atoms in total. The first-order chi connectivity index (χ1) is 13.1. The Morgan fingerprint density at radius 1 is 1.07 bits per heavy atom. The Morgan fingerprint density at radius 2 is 1.81 bits per heavy atom. The number of carbonyl (C=O) groups excluding carboxylic acids is 1. The van der Waals surface area contributed by atoms with Gasteiger partial charge in [-0.15, -0.1) is 0 Å². The molecule has 0 saturated carbocycles. The van der Waals surface area contributed by atoms with Crippen molar-refractivity contribution in [3.05, 3.63) is 81.0 Å². The van der Waals surface area contributed by atoms with E-state index in [0.29, 0.717) is 16.7 Å². The minimum Gasteiger partial charge on any atom is -0.324 e. The number of fused-ring (bicyclic) bond motifs is 1. The quantitative estimate of drug-likeness (QED) is 0.465. The molecule has 0 bridgehead atoms. The molecule has 0 aliphatic rings. The Kier molecular flexibility index (Phi) is 4.71. The molecule has 0 spiro atoms. The van der Waals surface area contributed by atoms with Gasteiger partial charge in [0.1, 0.15) is 18.3 Å². The fourth-order valence-electron chi connectivity index (χ4n) is 2.73. The molecule has 0 aliphatic carbocycles. The highest BCUT2D eigenvalue weighted by Gasteiger charge is 2.13. The average Bonchev–Trinajstić information content (AvgIpc) is 3.11. The van der Waals surface area contributed by atoms with Gasteiger partial charge in [-0.1, -0.05) is 30.3 Å². The number of benzene rings is 2. The van der Waals surface area contributed by atoms with Gasteiger partial charge in [0.05, 0.1) is 17.6 Å². The van der Waals surface area contributed by atoms with E-state index in [0.717, 1.165) is 9.26 Å². The third-order valence-electron chi connectivity index (χ3n) is 4.02. The zero-order valence-corrected chi connectivity index (χ0v) is 16.2. The number of halogens is 1. The number of nitrogens with one attached hydrogen (secondary N) is 1. The maximum absolute atomic E-state index is 12.7. The summed E-state index contributed by atoms with van der Waals surface area (Å²) in [5, 5.41) is 7.44. The van der Waals surface area contributed by atoms with Crippen LogP contribution in [-0.4, -0.2) is 25.2 Å². The lowest BCUT2D eigenvalue weighted by molar-refractivity contribution is -0.116. The molecule has 0 radical (unpaired) electrons. The van der Waals surface area contributed by atoms with Crippen LogP contribution in [0.5, 0.6) is 0 Å². The van der Waals surface area contributed by atoms with Crippen LogP contribution in [0.2, 0.25) is 0 Å². The van der Waals surface area contributed by atoms with Crippen molar-refractivity contribution in [2.75, 3.05) is 5.32 Å². The van der Waals surface area contributed by atoms with Gasteiger partial charge in [-0.3, -0.25) is 14.2 Å². The molecule has 8 heteroatoms. The summed E-state index contributed by atoms with van der Waals surface area (Å²) in [6.07, 6.45) is 2.85. The molecule has 1 N–H and O–H groups in total. The van der Waals surface area contributed by atoms with Gasteiger partial charge in [0.25, 0.3) is 5.56 Å². The molecular weight excluding hydrogens is 457 g/mol. The standard InChI is InChI=1S/C19H14IN5O2/c20-15-8-4-5-9-16(15)23-17(26)11-24-12-21-18-14(19(24)27)10-22-25(18)13-6-2-1-3-7-13/h1-10,12H,11H2,(H,23,26). The molecule has 0 saturated heterocycles. The molecule has 2 aromatic heterocycles. The summed E-state index contributed by atoms with van der Waals surface area (Å²) < 4.78 is 3.81. The van der Waals surface area contributed by atoms with Crippen molar-refractivity contribution in [3.63, 3.8) is 0 Å². The summed E-state index contributed by atoms with van der Waals surface area (Å²) in [6, 6.07) is 16.9. The Bertz CT molecular complexity index is 1180. The van der Waals surface area contributed by atoms with E-state index in [4.69, 9.17) is 0 Å². The molecule has 2 aromatic carbocycles. The molecule has 27 heavy (non-hydrogen) atoms. The SMILES string of the molecule is O=C(Cn1cnc2c(cnn2-c2ccccc2)c1=O)Nc1ccccc1I. The molecule has 2 heterocycles. The maximum Gasteiger partial charge on any atom is 0.264 e.